The number of benzene rings is 1. The van der Waals surface area contributed by atoms with Gasteiger partial charge in [-0.15, -0.1) is 0 Å². The molecule has 3 heterocycles. The van der Waals surface area contributed by atoms with Crippen LogP contribution in [0.2, 0.25) is 0 Å². The first-order chi connectivity index (χ1) is 19.8. The van der Waals surface area contributed by atoms with Gasteiger partial charge in [0.1, 0.15) is 18.1 Å². The maximum Gasteiger partial charge on any atom is 0.303 e. The van der Waals surface area contributed by atoms with Gasteiger partial charge in [0.05, 0.1) is 33.9 Å². The van der Waals surface area contributed by atoms with Crippen LogP contribution in [0.3, 0.4) is 0 Å². The van der Waals surface area contributed by atoms with Crippen LogP contribution in [0.5, 0.6) is 0 Å². The molecular weight excluding hydrogens is 574 g/mol. The predicted molar refractivity (Wildman–Crippen MR) is 143 cm³/mol. The monoisotopic (exact) mass is 601 g/mol. The molecule has 0 radical (unpaired) electrons. The molecule has 1 saturated heterocycles. The summed E-state index contributed by atoms with van der Waals surface area (Å²) in [5, 5.41) is 9.96. The molecule has 0 spiro atoms. The third kappa shape index (κ3) is 5.78. The highest BCUT2D eigenvalue weighted by Crippen LogP contribution is 2.42. The van der Waals surface area contributed by atoms with Gasteiger partial charge in [-0.05, 0) is 62.1 Å². The quantitative estimate of drug-likeness (QED) is 0.308. The zero-order valence-corrected chi connectivity index (χ0v) is 23.6. The Kier molecular flexibility index (Phi) is 7.89. The first kappa shape index (κ1) is 29.7. The number of alkyl halides is 3. The summed E-state index contributed by atoms with van der Waals surface area (Å²) in [5.74, 6) is -5.00. The number of carbonyl (C=O) groups is 1. The van der Waals surface area contributed by atoms with Gasteiger partial charge in [-0.3, -0.25) is 9.78 Å². The predicted octanol–water partition coefficient (Wildman–Crippen LogP) is 5.23. The Bertz CT molecular complexity index is 1650. The van der Waals surface area contributed by atoms with E-state index in [0.717, 1.165) is 41.4 Å². The molecule has 5 rings (SSSR count). The van der Waals surface area contributed by atoms with Gasteiger partial charge < -0.3 is 0 Å². The molecule has 0 N–H and O–H groups in total. The van der Waals surface area contributed by atoms with Gasteiger partial charge in [0, 0.05) is 43.6 Å². The molecule has 220 valence electrons. The lowest BCUT2D eigenvalue weighted by molar-refractivity contribution is -0.122. The molecular formula is C29H27F4N5O3S. The van der Waals surface area contributed by atoms with Crippen molar-refractivity contribution >= 4 is 15.8 Å². The Morgan fingerprint density at radius 2 is 1.81 bits per heavy atom. The normalized spacial score (nSPS) is 21.3. The van der Waals surface area contributed by atoms with E-state index in [0.29, 0.717) is 35.0 Å². The minimum absolute atomic E-state index is 0.0357. The molecule has 0 unspecified atom stereocenters. The Morgan fingerprint density at radius 3 is 2.38 bits per heavy atom. The smallest absolute Gasteiger partial charge is 0.298 e. The fraction of sp³-hybridized carbons (Fsp3) is 0.414. The molecule has 1 aliphatic carbocycles. The highest BCUT2D eigenvalue weighted by atomic mass is 32.2. The summed E-state index contributed by atoms with van der Waals surface area (Å²) >= 11 is 0. The van der Waals surface area contributed by atoms with Crippen molar-refractivity contribution in [3.05, 3.63) is 71.2 Å². The Morgan fingerprint density at radius 1 is 1.17 bits per heavy atom. The molecule has 1 saturated carbocycles. The summed E-state index contributed by atoms with van der Waals surface area (Å²) in [6, 6.07) is 5.43. The second-order valence-corrected chi connectivity index (χ2v) is 12.6. The Balaban J connectivity index is 1.43. The van der Waals surface area contributed by atoms with E-state index >= 15 is 0 Å². The van der Waals surface area contributed by atoms with Crippen LogP contribution in [0, 0.1) is 17.1 Å². The van der Waals surface area contributed by atoms with E-state index in [4.69, 9.17) is 0 Å². The number of Topliss-reactive ketones (excluding diaryl/α,β-unsaturated/α-hetero) is 1. The van der Waals surface area contributed by atoms with E-state index in [1.54, 1.807) is 6.07 Å². The van der Waals surface area contributed by atoms with Gasteiger partial charge >= 0.3 is 5.92 Å². The second-order valence-electron chi connectivity index (χ2n) is 10.8. The fourth-order valence-electron chi connectivity index (χ4n) is 5.20. The van der Waals surface area contributed by atoms with Crippen molar-refractivity contribution in [1.29, 1.82) is 5.26 Å². The lowest BCUT2D eigenvalue weighted by atomic mass is 9.95. The zero-order chi connectivity index (χ0) is 30.4. The number of rotatable bonds is 9. The standard InChI is InChI=1S/C29H27F4N5O3S/c1-16-23(31)12-25(38(16)42(40,41)21-8-6-20(30)7-9-21)26(39)10-5-18-11-24(37-27(17-3-4-17)22(18)13-34)19-14-35-28(36-15-19)29(2,32)33/h6-9,11,14-17,23,25H,3-5,10,12H2,1-2H3/t16-,23+,25-/m0/s1. The van der Waals surface area contributed by atoms with E-state index in [1.165, 1.54) is 19.3 Å². The summed E-state index contributed by atoms with van der Waals surface area (Å²) in [6.07, 6.45) is 2.00. The van der Waals surface area contributed by atoms with Crippen molar-refractivity contribution in [2.24, 2.45) is 0 Å². The number of hydrogen-bond donors (Lipinski definition) is 0. The largest absolute Gasteiger partial charge is 0.303 e. The van der Waals surface area contributed by atoms with Crippen LogP contribution in [-0.2, 0) is 27.2 Å². The molecule has 0 amide bonds. The van der Waals surface area contributed by atoms with Gasteiger partial charge in [-0.25, -0.2) is 27.2 Å². The molecule has 1 aliphatic heterocycles. The molecule has 3 aromatic rings. The van der Waals surface area contributed by atoms with Gasteiger partial charge in [0.2, 0.25) is 10.0 Å². The van der Waals surface area contributed by atoms with Gasteiger partial charge in [0.25, 0.3) is 0 Å². The number of aromatic nitrogens is 3. The number of aryl methyl sites for hydroxylation is 1. The highest BCUT2D eigenvalue weighted by Gasteiger charge is 2.48. The minimum Gasteiger partial charge on any atom is -0.298 e. The van der Waals surface area contributed by atoms with Crippen LogP contribution in [0.1, 0.15) is 68.1 Å². The number of sulfonamides is 1. The number of halogens is 4. The van der Waals surface area contributed by atoms with E-state index in [-0.39, 0.29) is 30.1 Å². The molecule has 42 heavy (non-hydrogen) atoms. The van der Waals surface area contributed by atoms with Crippen molar-refractivity contribution in [3.63, 3.8) is 0 Å². The fourth-order valence-corrected chi connectivity index (χ4v) is 7.03. The lowest BCUT2D eigenvalue weighted by Gasteiger charge is -2.27. The van der Waals surface area contributed by atoms with Gasteiger partial charge in [-0.1, -0.05) is 0 Å². The first-order valence-electron chi connectivity index (χ1n) is 13.4. The minimum atomic E-state index is -4.32. The summed E-state index contributed by atoms with van der Waals surface area (Å²) in [5.41, 5.74) is 2.00. The van der Waals surface area contributed by atoms with Crippen molar-refractivity contribution in [2.75, 3.05) is 0 Å². The van der Waals surface area contributed by atoms with E-state index in [2.05, 4.69) is 21.0 Å². The van der Waals surface area contributed by atoms with Gasteiger partial charge in [0.15, 0.2) is 11.6 Å². The summed E-state index contributed by atoms with van der Waals surface area (Å²) in [7, 11) is -4.32. The van der Waals surface area contributed by atoms with Crippen molar-refractivity contribution in [2.45, 2.75) is 80.9 Å². The molecule has 2 aromatic heterocycles. The molecule has 3 atom stereocenters. The first-order valence-corrected chi connectivity index (χ1v) is 14.9. The van der Waals surface area contributed by atoms with Crippen LogP contribution < -0.4 is 0 Å². The number of nitrogens with zero attached hydrogens (tertiary/aromatic N) is 5. The third-order valence-corrected chi connectivity index (χ3v) is 9.64. The third-order valence-electron chi connectivity index (χ3n) is 7.63. The van der Waals surface area contributed by atoms with Crippen LogP contribution >= 0.6 is 0 Å². The average molecular weight is 602 g/mol. The van der Waals surface area contributed by atoms with Crippen molar-refractivity contribution < 1.29 is 30.8 Å². The molecule has 2 fully saturated rings. The van der Waals surface area contributed by atoms with Crippen LogP contribution in [0.4, 0.5) is 17.6 Å². The zero-order valence-electron chi connectivity index (χ0n) is 22.8. The Hall–Kier alpha value is -3.76. The van der Waals surface area contributed by atoms with E-state index in [1.807, 2.05) is 0 Å². The number of pyridine rings is 1. The summed E-state index contributed by atoms with van der Waals surface area (Å²) in [4.78, 5) is 25.3. The average Bonchev–Trinajstić information content (AvgIpc) is 3.75. The topological polar surface area (TPSA) is 117 Å². The SMILES string of the molecule is C[C@H]1[C@H](F)C[C@@H](C(=O)CCc2cc(-c3cnc(C(C)(F)F)nc3)nc(C3CC3)c2C#N)N1S(=O)(=O)c1ccc(F)cc1. The maximum atomic E-state index is 14.8. The van der Waals surface area contributed by atoms with E-state index in [9.17, 15) is 36.0 Å². The molecule has 0 bridgehead atoms. The van der Waals surface area contributed by atoms with Crippen LogP contribution in [0.25, 0.3) is 11.3 Å². The van der Waals surface area contributed by atoms with E-state index < -0.39 is 51.6 Å². The summed E-state index contributed by atoms with van der Waals surface area (Å²) in [6.45, 7) is 2.07. The molecule has 1 aromatic carbocycles. The molecule has 13 heteroatoms. The van der Waals surface area contributed by atoms with Crippen LogP contribution in [0.15, 0.2) is 47.6 Å². The lowest BCUT2D eigenvalue weighted by Crippen LogP contribution is -2.44. The number of ketones is 1. The Labute approximate surface area is 240 Å². The van der Waals surface area contributed by atoms with Gasteiger partial charge in [-0.2, -0.15) is 18.3 Å². The summed E-state index contributed by atoms with van der Waals surface area (Å²) < 4.78 is 83.1. The van der Waals surface area contributed by atoms with Crippen LogP contribution in [-0.4, -0.2) is 51.7 Å². The number of hydrogen-bond acceptors (Lipinski definition) is 7. The number of carbonyl (C=O) groups excluding carboxylic acids is 1. The molecule has 8 nitrogen and oxygen atoms in total. The van der Waals surface area contributed by atoms with Crippen molar-refractivity contribution in [3.8, 4) is 17.3 Å². The second kappa shape index (κ2) is 11.1. The molecule has 2 aliphatic rings. The highest BCUT2D eigenvalue weighted by molar-refractivity contribution is 7.89. The number of nitriles is 1. The maximum absolute atomic E-state index is 14.8. The van der Waals surface area contributed by atoms with Crippen molar-refractivity contribution in [1.82, 2.24) is 19.3 Å².